The van der Waals surface area contributed by atoms with Crippen LogP contribution in [-0.4, -0.2) is 82.3 Å². The summed E-state index contributed by atoms with van der Waals surface area (Å²) in [5.74, 6) is 0.941. The molecule has 24 heavy (non-hydrogen) atoms. The van der Waals surface area contributed by atoms with Crippen LogP contribution in [0.2, 0.25) is 0 Å². The monoisotopic (exact) mass is 472 g/mol. The molecule has 0 aromatic rings. The van der Waals surface area contributed by atoms with Crippen molar-refractivity contribution in [2.75, 3.05) is 58.7 Å². The van der Waals surface area contributed by atoms with Crippen LogP contribution in [0.3, 0.4) is 0 Å². The van der Waals surface area contributed by atoms with Crippen LogP contribution in [0.5, 0.6) is 0 Å². The summed E-state index contributed by atoms with van der Waals surface area (Å²) in [6, 6.07) is 0. The first-order valence-electron chi connectivity index (χ1n) is 8.56. The molecular formula is C15H29IN4O3S. The average Bonchev–Trinajstić information content (AvgIpc) is 2.98. The van der Waals surface area contributed by atoms with Gasteiger partial charge in [-0.3, -0.25) is 4.99 Å². The molecule has 1 saturated carbocycles. The molecule has 1 spiro atoms. The van der Waals surface area contributed by atoms with E-state index in [1.54, 1.807) is 7.05 Å². The molecule has 0 aromatic carbocycles. The second-order valence-corrected chi connectivity index (χ2v) is 8.92. The van der Waals surface area contributed by atoms with Gasteiger partial charge >= 0.3 is 0 Å². The maximum atomic E-state index is 12.3. The second-order valence-electron chi connectivity index (χ2n) is 6.83. The molecule has 0 aromatic heterocycles. The number of hydrogen-bond donors (Lipinski definition) is 1. The zero-order valence-electron chi connectivity index (χ0n) is 14.4. The third-order valence-corrected chi connectivity index (χ3v) is 7.24. The highest BCUT2D eigenvalue weighted by molar-refractivity contribution is 14.0. The van der Waals surface area contributed by atoms with E-state index >= 15 is 0 Å². The molecule has 0 atom stereocenters. The Bertz CT molecular complexity index is 545. The van der Waals surface area contributed by atoms with Gasteiger partial charge in [0, 0.05) is 39.8 Å². The molecule has 0 radical (unpaired) electrons. The molecule has 2 heterocycles. The normalized spacial score (nSPS) is 24.5. The Kier molecular flexibility index (Phi) is 7.15. The number of likely N-dealkylation sites (tertiary alicyclic amines) is 1. The SMILES string of the molecule is CN=C(NCCS(=O)(=O)N1CCOCC1)N1CCC2(CCC2)C1.I. The molecule has 9 heteroatoms. The van der Waals surface area contributed by atoms with Crippen molar-refractivity contribution >= 4 is 40.0 Å². The molecule has 0 amide bonds. The minimum atomic E-state index is -3.21. The molecule has 0 unspecified atom stereocenters. The Morgan fingerprint density at radius 3 is 2.46 bits per heavy atom. The minimum absolute atomic E-state index is 0. The zero-order chi connectivity index (χ0) is 16.3. The van der Waals surface area contributed by atoms with E-state index in [-0.39, 0.29) is 29.7 Å². The number of sulfonamides is 1. The van der Waals surface area contributed by atoms with E-state index in [9.17, 15) is 8.42 Å². The fourth-order valence-electron chi connectivity index (χ4n) is 3.78. The van der Waals surface area contributed by atoms with Crippen LogP contribution in [0.1, 0.15) is 25.7 Å². The summed E-state index contributed by atoms with van der Waals surface area (Å²) in [7, 11) is -1.44. The second kappa shape index (κ2) is 8.50. The van der Waals surface area contributed by atoms with Gasteiger partial charge in [0.2, 0.25) is 10.0 Å². The van der Waals surface area contributed by atoms with Crippen molar-refractivity contribution in [3.63, 3.8) is 0 Å². The number of nitrogens with one attached hydrogen (secondary N) is 1. The predicted molar refractivity (Wildman–Crippen MR) is 105 cm³/mol. The maximum absolute atomic E-state index is 12.3. The lowest BCUT2D eigenvalue weighted by Crippen LogP contribution is -2.46. The Labute approximate surface area is 162 Å². The maximum Gasteiger partial charge on any atom is 0.215 e. The van der Waals surface area contributed by atoms with Crippen molar-refractivity contribution in [1.82, 2.24) is 14.5 Å². The summed E-state index contributed by atoms with van der Waals surface area (Å²) in [5.41, 5.74) is 0.511. The Morgan fingerprint density at radius 2 is 1.92 bits per heavy atom. The summed E-state index contributed by atoms with van der Waals surface area (Å²) < 4.78 is 31.4. The van der Waals surface area contributed by atoms with Crippen LogP contribution in [0.15, 0.2) is 4.99 Å². The summed E-state index contributed by atoms with van der Waals surface area (Å²) in [6.45, 7) is 4.39. The number of morpholine rings is 1. The molecule has 7 nitrogen and oxygen atoms in total. The predicted octanol–water partition coefficient (Wildman–Crippen LogP) is 0.718. The van der Waals surface area contributed by atoms with E-state index in [4.69, 9.17) is 4.74 Å². The summed E-state index contributed by atoms with van der Waals surface area (Å²) in [4.78, 5) is 6.61. The third kappa shape index (κ3) is 4.53. The summed E-state index contributed by atoms with van der Waals surface area (Å²) in [5, 5.41) is 3.23. The van der Waals surface area contributed by atoms with Gasteiger partial charge in [0.05, 0.1) is 19.0 Å². The first kappa shape index (κ1) is 20.2. The Morgan fingerprint density at radius 1 is 1.21 bits per heavy atom. The topological polar surface area (TPSA) is 74.2 Å². The number of nitrogens with zero attached hydrogens (tertiary/aromatic N) is 3. The quantitative estimate of drug-likeness (QED) is 0.371. The number of rotatable bonds is 4. The van der Waals surface area contributed by atoms with Gasteiger partial charge in [-0.2, -0.15) is 4.31 Å². The van der Waals surface area contributed by atoms with Crippen molar-refractivity contribution < 1.29 is 13.2 Å². The zero-order valence-corrected chi connectivity index (χ0v) is 17.5. The number of aliphatic imine (C=N–C) groups is 1. The number of guanidine groups is 1. The lowest BCUT2D eigenvalue weighted by Gasteiger charge is -2.38. The van der Waals surface area contributed by atoms with Crippen molar-refractivity contribution in [1.29, 1.82) is 0 Å². The average molecular weight is 472 g/mol. The standard InChI is InChI=1S/C15H28N4O3S.HI/c1-16-14(18-7-5-15(13-18)3-2-4-15)17-6-12-23(20,21)19-8-10-22-11-9-19;/h2-13H2,1H3,(H,16,17);1H. The van der Waals surface area contributed by atoms with Gasteiger partial charge < -0.3 is 15.0 Å². The molecule has 1 N–H and O–H groups in total. The van der Waals surface area contributed by atoms with E-state index in [2.05, 4.69) is 15.2 Å². The van der Waals surface area contributed by atoms with Crippen LogP contribution in [0.4, 0.5) is 0 Å². The van der Waals surface area contributed by atoms with Crippen molar-refractivity contribution in [3.8, 4) is 0 Å². The van der Waals surface area contributed by atoms with Gasteiger partial charge in [0.25, 0.3) is 0 Å². The third-order valence-electron chi connectivity index (χ3n) is 5.37. The lowest BCUT2D eigenvalue weighted by molar-refractivity contribution is 0.0730. The lowest BCUT2D eigenvalue weighted by atomic mass is 9.68. The molecule has 2 saturated heterocycles. The van der Waals surface area contributed by atoms with E-state index in [0.717, 1.165) is 19.0 Å². The van der Waals surface area contributed by atoms with Gasteiger partial charge in [0.15, 0.2) is 5.96 Å². The molecule has 3 fully saturated rings. The smallest absolute Gasteiger partial charge is 0.215 e. The van der Waals surface area contributed by atoms with Gasteiger partial charge in [0.1, 0.15) is 0 Å². The van der Waals surface area contributed by atoms with E-state index in [1.807, 2.05) is 0 Å². The molecule has 3 rings (SSSR count). The highest BCUT2D eigenvalue weighted by atomic mass is 127. The molecular weight excluding hydrogens is 443 g/mol. The summed E-state index contributed by atoms with van der Waals surface area (Å²) >= 11 is 0. The van der Waals surface area contributed by atoms with Crippen LogP contribution in [-0.2, 0) is 14.8 Å². The highest BCUT2D eigenvalue weighted by Gasteiger charge is 2.43. The molecule has 140 valence electrons. The fraction of sp³-hybridized carbons (Fsp3) is 0.933. The van der Waals surface area contributed by atoms with E-state index in [1.165, 1.54) is 30.0 Å². The first-order chi connectivity index (χ1) is 11.0. The van der Waals surface area contributed by atoms with Crippen molar-refractivity contribution in [2.24, 2.45) is 10.4 Å². The van der Waals surface area contributed by atoms with Crippen LogP contribution >= 0.6 is 24.0 Å². The number of ether oxygens (including phenoxy) is 1. The minimum Gasteiger partial charge on any atom is -0.379 e. The number of hydrogen-bond acceptors (Lipinski definition) is 4. The van der Waals surface area contributed by atoms with E-state index in [0.29, 0.717) is 38.3 Å². The fourth-order valence-corrected chi connectivity index (χ4v) is 5.10. The Hall–Kier alpha value is -0.130. The van der Waals surface area contributed by atoms with Gasteiger partial charge in [-0.05, 0) is 24.7 Å². The van der Waals surface area contributed by atoms with Gasteiger partial charge in [-0.1, -0.05) is 6.42 Å². The first-order valence-corrected chi connectivity index (χ1v) is 10.2. The van der Waals surface area contributed by atoms with Crippen LogP contribution in [0, 0.1) is 5.41 Å². The van der Waals surface area contributed by atoms with Crippen molar-refractivity contribution in [2.45, 2.75) is 25.7 Å². The Balaban J connectivity index is 0.00000208. The highest BCUT2D eigenvalue weighted by Crippen LogP contribution is 2.47. The van der Waals surface area contributed by atoms with Crippen LogP contribution < -0.4 is 5.32 Å². The molecule has 2 aliphatic heterocycles. The summed E-state index contributed by atoms with van der Waals surface area (Å²) in [6.07, 6.45) is 5.23. The van der Waals surface area contributed by atoms with Gasteiger partial charge in [-0.25, -0.2) is 8.42 Å². The van der Waals surface area contributed by atoms with E-state index < -0.39 is 10.0 Å². The largest absolute Gasteiger partial charge is 0.379 e. The van der Waals surface area contributed by atoms with Crippen molar-refractivity contribution in [3.05, 3.63) is 0 Å². The molecule has 1 aliphatic carbocycles. The molecule has 0 bridgehead atoms. The van der Waals surface area contributed by atoms with Crippen LogP contribution in [0.25, 0.3) is 0 Å². The molecule has 3 aliphatic rings. The number of halogens is 1. The van der Waals surface area contributed by atoms with Gasteiger partial charge in [-0.15, -0.1) is 24.0 Å².